The van der Waals surface area contributed by atoms with Crippen molar-refractivity contribution in [1.29, 1.82) is 5.26 Å². The monoisotopic (exact) mass is 353 g/mol. The highest BCUT2D eigenvalue weighted by Gasteiger charge is 2.35. The lowest BCUT2D eigenvalue weighted by Gasteiger charge is -2.31. The van der Waals surface area contributed by atoms with Gasteiger partial charge in [0.1, 0.15) is 0 Å². The molecule has 3 rings (SSSR count). The first-order chi connectivity index (χ1) is 12.1. The zero-order chi connectivity index (χ0) is 17.8. The largest absolute Gasteiger partial charge is 0.276 e. The van der Waals surface area contributed by atoms with Crippen LogP contribution in [-0.2, 0) is 15.4 Å². The Bertz CT molecular complexity index is 891. The fraction of sp³-hybridized carbons (Fsp3) is 0.263. The molecular formula is C19H19N3O2S. The molecule has 2 aromatic carbocycles. The van der Waals surface area contributed by atoms with Gasteiger partial charge in [-0.25, -0.2) is 4.83 Å². The summed E-state index contributed by atoms with van der Waals surface area (Å²) in [4.78, 5) is 2.49. The van der Waals surface area contributed by atoms with E-state index < -0.39 is 15.4 Å². The molecule has 1 aliphatic rings. The summed E-state index contributed by atoms with van der Waals surface area (Å²) in [6.07, 6.45) is 2.47. The number of hydrogen-bond donors (Lipinski definition) is 1. The third-order valence-electron chi connectivity index (χ3n) is 4.60. The molecule has 0 amide bonds. The predicted octanol–water partition coefficient (Wildman–Crippen LogP) is 3.36. The van der Waals surface area contributed by atoms with E-state index in [1.54, 1.807) is 18.2 Å². The van der Waals surface area contributed by atoms with Crippen molar-refractivity contribution in [2.45, 2.75) is 36.0 Å². The van der Waals surface area contributed by atoms with Gasteiger partial charge in [-0.15, -0.1) is 0 Å². The van der Waals surface area contributed by atoms with Crippen LogP contribution in [0.5, 0.6) is 0 Å². The third kappa shape index (κ3) is 3.72. The average molecular weight is 353 g/mol. The van der Waals surface area contributed by atoms with Gasteiger partial charge in [-0.1, -0.05) is 48.5 Å². The molecular weight excluding hydrogens is 334 g/mol. The highest BCUT2D eigenvalue weighted by Crippen LogP contribution is 2.37. The summed E-state index contributed by atoms with van der Waals surface area (Å²) < 4.78 is 24.4. The predicted molar refractivity (Wildman–Crippen MR) is 96.4 cm³/mol. The molecule has 0 bridgehead atoms. The fourth-order valence-electron chi connectivity index (χ4n) is 3.08. The maximum Gasteiger partial charge on any atom is 0.276 e. The summed E-state index contributed by atoms with van der Waals surface area (Å²) in [5.41, 5.74) is 1.28. The molecule has 25 heavy (non-hydrogen) atoms. The highest BCUT2D eigenvalue weighted by molar-refractivity contribution is 7.89. The number of nitrogens with one attached hydrogen (secondary N) is 1. The van der Waals surface area contributed by atoms with Crippen molar-refractivity contribution in [3.8, 4) is 6.07 Å². The van der Waals surface area contributed by atoms with Crippen molar-refractivity contribution in [3.05, 3.63) is 66.2 Å². The summed E-state index contributed by atoms with van der Waals surface area (Å²) in [5.74, 6) is 0. The van der Waals surface area contributed by atoms with Crippen molar-refractivity contribution in [3.63, 3.8) is 0 Å². The van der Waals surface area contributed by atoms with Gasteiger partial charge in [-0.05, 0) is 43.4 Å². The van der Waals surface area contributed by atoms with E-state index >= 15 is 0 Å². The van der Waals surface area contributed by atoms with Gasteiger partial charge < -0.3 is 0 Å². The smallest absolute Gasteiger partial charge is 0.200 e. The molecule has 1 N–H and O–H groups in total. The van der Waals surface area contributed by atoms with Crippen LogP contribution in [0.4, 0.5) is 0 Å². The van der Waals surface area contributed by atoms with Gasteiger partial charge in [-0.3, -0.25) is 0 Å². The van der Waals surface area contributed by atoms with Crippen LogP contribution in [0.25, 0.3) is 0 Å². The van der Waals surface area contributed by atoms with E-state index in [2.05, 4.69) is 16.0 Å². The molecule has 6 heteroatoms. The van der Waals surface area contributed by atoms with Crippen LogP contribution < -0.4 is 4.83 Å². The summed E-state index contributed by atoms with van der Waals surface area (Å²) in [6, 6.07) is 20.4. The molecule has 0 unspecified atom stereocenters. The maximum absolute atomic E-state index is 12.2. The van der Waals surface area contributed by atoms with Gasteiger partial charge in [-0.2, -0.15) is 18.8 Å². The van der Waals surface area contributed by atoms with Crippen LogP contribution in [0.2, 0.25) is 0 Å². The van der Waals surface area contributed by atoms with Gasteiger partial charge >= 0.3 is 0 Å². The molecule has 1 aliphatic carbocycles. The molecule has 128 valence electrons. The number of nitrogens with zero attached hydrogens (tertiary/aromatic N) is 2. The standard InChI is InChI=1S/C19H19N3O2S/c20-15-19(16-7-3-1-4-8-16)13-11-17(12-14-19)21-22-25(23,24)18-9-5-2-6-10-18/h1-10,22H,11-14H2. The average Bonchev–Trinajstić information content (AvgIpc) is 2.68. The van der Waals surface area contributed by atoms with E-state index in [0.29, 0.717) is 25.7 Å². The van der Waals surface area contributed by atoms with Gasteiger partial charge in [0.2, 0.25) is 0 Å². The van der Waals surface area contributed by atoms with E-state index in [0.717, 1.165) is 11.3 Å². The quantitative estimate of drug-likeness (QED) is 0.856. The summed E-state index contributed by atoms with van der Waals surface area (Å²) in [7, 11) is -3.65. The van der Waals surface area contributed by atoms with Crippen molar-refractivity contribution < 1.29 is 8.42 Å². The van der Waals surface area contributed by atoms with E-state index in [9.17, 15) is 13.7 Å². The first-order valence-electron chi connectivity index (χ1n) is 8.15. The summed E-state index contributed by atoms with van der Waals surface area (Å²) in [6.45, 7) is 0. The van der Waals surface area contributed by atoms with Gasteiger partial charge in [0, 0.05) is 5.71 Å². The van der Waals surface area contributed by atoms with Crippen LogP contribution in [0.15, 0.2) is 70.7 Å². The minimum atomic E-state index is -3.65. The minimum Gasteiger partial charge on any atom is -0.200 e. The lowest BCUT2D eigenvalue weighted by molar-refractivity contribution is 0.454. The van der Waals surface area contributed by atoms with Crippen molar-refractivity contribution >= 4 is 15.7 Å². The first kappa shape index (κ1) is 17.2. The number of nitriles is 1. The van der Waals surface area contributed by atoms with Crippen LogP contribution in [0, 0.1) is 11.3 Å². The van der Waals surface area contributed by atoms with Crippen LogP contribution >= 0.6 is 0 Å². The second-order valence-electron chi connectivity index (χ2n) is 6.15. The number of benzene rings is 2. The Kier molecular flexibility index (Phi) is 4.86. The first-order valence-corrected chi connectivity index (χ1v) is 9.63. The third-order valence-corrected chi connectivity index (χ3v) is 5.82. The Labute approximate surface area is 148 Å². The molecule has 5 nitrogen and oxygen atoms in total. The Balaban J connectivity index is 1.70. The second-order valence-corrected chi connectivity index (χ2v) is 7.81. The zero-order valence-corrected chi connectivity index (χ0v) is 14.5. The Morgan fingerprint density at radius 1 is 0.960 bits per heavy atom. The maximum atomic E-state index is 12.2. The molecule has 1 fully saturated rings. The SMILES string of the molecule is N#CC1(c2ccccc2)CCC(=NNS(=O)(=O)c2ccccc2)CC1. The molecule has 0 aliphatic heterocycles. The summed E-state index contributed by atoms with van der Waals surface area (Å²) in [5, 5.41) is 13.8. The number of hydrogen-bond acceptors (Lipinski definition) is 4. The van der Waals surface area contributed by atoms with E-state index in [4.69, 9.17) is 0 Å². The number of hydrazone groups is 1. The van der Waals surface area contributed by atoms with Gasteiger partial charge in [0.25, 0.3) is 10.0 Å². The van der Waals surface area contributed by atoms with Crippen molar-refractivity contribution in [1.82, 2.24) is 4.83 Å². The second kappa shape index (κ2) is 7.08. The van der Waals surface area contributed by atoms with Crippen molar-refractivity contribution in [2.75, 3.05) is 0 Å². The molecule has 0 radical (unpaired) electrons. The zero-order valence-electron chi connectivity index (χ0n) is 13.7. The molecule has 1 saturated carbocycles. The van der Waals surface area contributed by atoms with Gasteiger partial charge in [0.15, 0.2) is 0 Å². The van der Waals surface area contributed by atoms with E-state index in [1.165, 1.54) is 12.1 Å². The molecule has 0 spiro atoms. The minimum absolute atomic E-state index is 0.186. The fourth-order valence-corrected chi connectivity index (χ4v) is 3.95. The highest BCUT2D eigenvalue weighted by atomic mass is 32.2. The molecule has 2 aromatic rings. The normalized spacial score (nSPS) is 20.5. The van der Waals surface area contributed by atoms with E-state index in [-0.39, 0.29) is 4.90 Å². The Morgan fingerprint density at radius 3 is 2.08 bits per heavy atom. The molecule has 0 aromatic heterocycles. The number of sulfonamides is 1. The molecule has 0 saturated heterocycles. The van der Waals surface area contributed by atoms with Crippen LogP contribution in [-0.4, -0.2) is 14.1 Å². The van der Waals surface area contributed by atoms with Crippen LogP contribution in [0.1, 0.15) is 31.2 Å². The lowest BCUT2D eigenvalue weighted by Crippen LogP contribution is -2.31. The van der Waals surface area contributed by atoms with E-state index in [1.807, 2.05) is 30.3 Å². The lowest BCUT2D eigenvalue weighted by atomic mass is 9.70. The summed E-state index contributed by atoms with van der Waals surface area (Å²) >= 11 is 0. The number of rotatable bonds is 4. The molecule has 0 heterocycles. The van der Waals surface area contributed by atoms with Crippen molar-refractivity contribution in [2.24, 2.45) is 5.10 Å². The topological polar surface area (TPSA) is 82.3 Å². The van der Waals surface area contributed by atoms with Crippen LogP contribution in [0.3, 0.4) is 0 Å². The Morgan fingerprint density at radius 2 is 1.52 bits per heavy atom. The Hall–Kier alpha value is -2.65. The molecule has 0 atom stereocenters. The van der Waals surface area contributed by atoms with Gasteiger partial charge in [0.05, 0.1) is 16.4 Å².